The van der Waals surface area contributed by atoms with Crippen LogP contribution in [-0.2, 0) is 0 Å². The maximum atomic E-state index is 9.74. The molecule has 0 spiro atoms. The molecule has 4 heteroatoms. The van der Waals surface area contributed by atoms with E-state index in [-0.39, 0.29) is 12.6 Å². The fraction of sp³-hybridized carbons (Fsp3) is 0.375. The van der Waals surface area contributed by atoms with Crippen LogP contribution in [0.25, 0.3) is 16.5 Å². The zero-order chi connectivity index (χ0) is 14.3. The third-order valence-corrected chi connectivity index (χ3v) is 4.24. The van der Waals surface area contributed by atoms with Gasteiger partial charge in [-0.3, -0.25) is 4.90 Å². The Morgan fingerprint density at radius 3 is 3.00 bits per heavy atom. The average molecular weight is 291 g/mol. The van der Waals surface area contributed by atoms with E-state index < -0.39 is 0 Å². The lowest BCUT2D eigenvalue weighted by atomic mass is 9.89. The molecule has 0 radical (unpaired) electrons. The van der Waals surface area contributed by atoms with Gasteiger partial charge in [0.2, 0.25) is 0 Å². The second-order valence-corrected chi connectivity index (χ2v) is 6.03. The van der Waals surface area contributed by atoms with E-state index in [0.717, 1.165) is 23.0 Å². The number of para-hydroxylation sites is 1. The summed E-state index contributed by atoms with van der Waals surface area (Å²) in [5.41, 5.74) is 3.36. The number of aliphatic hydroxyl groups is 1. The van der Waals surface area contributed by atoms with Gasteiger partial charge in [0.15, 0.2) is 0 Å². The summed E-state index contributed by atoms with van der Waals surface area (Å²) in [7, 11) is 2.06. The Hall–Kier alpha value is -1.29. The van der Waals surface area contributed by atoms with Crippen molar-refractivity contribution in [2.45, 2.75) is 13.0 Å². The third-order valence-electron chi connectivity index (χ3n) is 4.04. The van der Waals surface area contributed by atoms with Gasteiger partial charge in [-0.2, -0.15) is 0 Å². The molecule has 1 aromatic heterocycles. The van der Waals surface area contributed by atoms with Crippen molar-refractivity contribution in [3.8, 4) is 0 Å². The van der Waals surface area contributed by atoms with Gasteiger partial charge in [-0.05, 0) is 24.6 Å². The van der Waals surface area contributed by atoms with Crippen LogP contribution in [0.5, 0.6) is 0 Å². The summed E-state index contributed by atoms with van der Waals surface area (Å²) in [5.74, 6) is 0.471. The molecule has 2 atom stereocenters. The molecule has 0 bridgehead atoms. The summed E-state index contributed by atoms with van der Waals surface area (Å²) in [6, 6.07) is 8.15. The standard InChI is InChI=1S/C16H19ClN2O/c1-10-6-13(14(9-20)19(2)8-10)12-5-3-4-11-7-15(17)18-16(11)12/h3-7,10,14,18,20H,8-9H2,1-2H3/t10-,14-/m1/s1. The third kappa shape index (κ3) is 2.26. The first-order valence-electron chi connectivity index (χ1n) is 6.90. The number of nitrogens with one attached hydrogen (secondary N) is 1. The van der Waals surface area contributed by atoms with Crippen molar-refractivity contribution in [1.82, 2.24) is 9.88 Å². The maximum absolute atomic E-state index is 9.74. The predicted octanol–water partition coefficient (Wildman–Crippen LogP) is 3.15. The average Bonchev–Trinajstić information content (AvgIpc) is 2.77. The van der Waals surface area contributed by atoms with E-state index in [1.807, 2.05) is 18.2 Å². The molecular formula is C16H19ClN2O. The molecule has 2 heterocycles. The van der Waals surface area contributed by atoms with Crippen LogP contribution in [0.3, 0.4) is 0 Å². The lowest BCUT2D eigenvalue weighted by Gasteiger charge is -2.35. The van der Waals surface area contributed by atoms with Gasteiger partial charge in [0.05, 0.1) is 18.2 Å². The smallest absolute Gasteiger partial charge is 0.107 e. The Labute approximate surface area is 123 Å². The molecule has 2 aromatic rings. The highest BCUT2D eigenvalue weighted by atomic mass is 35.5. The van der Waals surface area contributed by atoms with Crippen LogP contribution in [0, 0.1) is 5.92 Å². The predicted molar refractivity (Wildman–Crippen MR) is 84.0 cm³/mol. The van der Waals surface area contributed by atoms with Gasteiger partial charge in [-0.25, -0.2) is 0 Å². The number of rotatable bonds is 2. The first-order valence-corrected chi connectivity index (χ1v) is 7.28. The normalized spacial score (nSPS) is 24.1. The number of H-pyrrole nitrogens is 1. The van der Waals surface area contributed by atoms with Crippen molar-refractivity contribution in [2.75, 3.05) is 20.2 Å². The highest BCUT2D eigenvalue weighted by Gasteiger charge is 2.27. The van der Waals surface area contributed by atoms with E-state index >= 15 is 0 Å². The zero-order valence-electron chi connectivity index (χ0n) is 11.7. The molecule has 106 valence electrons. The Morgan fingerprint density at radius 1 is 1.45 bits per heavy atom. The molecule has 0 saturated carbocycles. The Bertz CT molecular complexity index is 662. The van der Waals surface area contributed by atoms with E-state index in [2.05, 4.69) is 36.0 Å². The molecule has 20 heavy (non-hydrogen) atoms. The van der Waals surface area contributed by atoms with Crippen molar-refractivity contribution in [1.29, 1.82) is 0 Å². The van der Waals surface area contributed by atoms with Crippen molar-refractivity contribution < 1.29 is 5.11 Å². The lowest BCUT2D eigenvalue weighted by Crippen LogP contribution is -2.41. The fourth-order valence-corrected chi connectivity index (χ4v) is 3.37. The van der Waals surface area contributed by atoms with Gasteiger partial charge in [-0.15, -0.1) is 0 Å². The summed E-state index contributed by atoms with van der Waals surface area (Å²) >= 11 is 6.09. The molecule has 2 N–H and O–H groups in total. The molecule has 0 fully saturated rings. The highest BCUT2D eigenvalue weighted by molar-refractivity contribution is 6.30. The largest absolute Gasteiger partial charge is 0.394 e. The maximum Gasteiger partial charge on any atom is 0.107 e. The van der Waals surface area contributed by atoms with E-state index in [1.54, 1.807) is 0 Å². The lowest BCUT2D eigenvalue weighted by molar-refractivity contribution is 0.167. The first kappa shape index (κ1) is 13.7. The second-order valence-electron chi connectivity index (χ2n) is 5.62. The summed E-state index contributed by atoms with van der Waals surface area (Å²) in [6.07, 6.45) is 2.27. The number of aromatic amines is 1. The molecule has 1 aliphatic rings. The summed E-state index contributed by atoms with van der Waals surface area (Å²) < 4.78 is 0. The number of likely N-dealkylation sites (N-methyl/N-ethyl adjacent to an activating group) is 1. The SMILES string of the molecule is C[C@@H]1C=C(c2cccc3cc(Cl)[nH]c23)[C@@H](CO)N(C)C1. The van der Waals surface area contributed by atoms with Gasteiger partial charge >= 0.3 is 0 Å². The van der Waals surface area contributed by atoms with Crippen LogP contribution in [0.2, 0.25) is 5.15 Å². The first-order chi connectivity index (χ1) is 9.60. The van der Waals surface area contributed by atoms with Crippen molar-refractivity contribution in [3.05, 3.63) is 41.1 Å². The van der Waals surface area contributed by atoms with E-state index in [9.17, 15) is 5.11 Å². The molecule has 0 unspecified atom stereocenters. The molecule has 3 rings (SSSR count). The number of hydrogen-bond acceptors (Lipinski definition) is 2. The number of aromatic nitrogens is 1. The summed E-state index contributed by atoms with van der Waals surface area (Å²) in [6.45, 7) is 3.29. The summed E-state index contributed by atoms with van der Waals surface area (Å²) in [4.78, 5) is 5.43. The Balaban J connectivity index is 2.17. The van der Waals surface area contributed by atoms with Crippen LogP contribution in [0.1, 0.15) is 12.5 Å². The molecular weight excluding hydrogens is 272 g/mol. The number of benzene rings is 1. The number of nitrogens with zero attached hydrogens (tertiary/aromatic N) is 1. The van der Waals surface area contributed by atoms with Crippen LogP contribution < -0.4 is 0 Å². The number of aliphatic hydroxyl groups excluding tert-OH is 1. The van der Waals surface area contributed by atoms with Crippen LogP contribution >= 0.6 is 11.6 Å². The van der Waals surface area contributed by atoms with Gasteiger partial charge < -0.3 is 10.1 Å². The summed E-state index contributed by atoms with van der Waals surface area (Å²) in [5, 5.41) is 11.5. The Morgan fingerprint density at radius 2 is 2.25 bits per heavy atom. The van der Waals surface area contributed by atoms with Gasteiger partial charge in [0.25, 0.3) is 0 Å². The van der Waals surface area contributed by atoms with Crippen LogP contribution in [0.15, 0.2) is 30.3 Å². The minimum atomic E-state index is 0.0406. The monoisotopic (exact) mass is 290 g/mol. The number of hydrogen-bond donors (Lipinski definition) is 2. The quantitative estimate of drug-likeness (QED) is 0.892. The molecule has 0 amide bonds. The van der Waals surface area contributed by atoms with Crippen LogP contribution in [0.4, 0.5) is 0 Å². The van der Waals surface area contributed by atoms with E-state index in [1.165, 1.54) is 5.57 Å². The van der Waals surface area contributed by atoms with E-state index in [4.69, 9.17) is 11.6 Å². The molecule has 0 aliphatic carbocycles. The number of halogens is 1. The molecule has 0 saturated heterocycles. The molecule has 1 aliphatic heterocycles. The number of fused-ring (bicyclic) bond motifs is 1. The highest BCUT2D eigenvalue weighted by Crippen LogP contribution is 2.33. The van der Waals surface area contributed by atoms with E-state index in [0.29, 0.717) is 11.1 Å². The van der Waals surface area contributed by atoms with Gasteiger partial charge in [0.1, 0.15) is 5.15 Å². The van der Waals surface area contributed by atoms with Crippen molar-refractivity contribution in [2.24, 2.45) is 5.92 Å². The second kappa shape index (κ2) is 5.24. The van der Waals surface area contributed by atoms with Gasteiger partial charge in [-0.1, -0.05) is 42.8 Å². The molecule has 1 aromatic carbocycles. The topological polar surface area (TPSA) is 39.3 Å². The van der Waals surface area contributed by atoms with Gasteiger partial charge in [0, 0.05) is 17.5 Å². The Kier molecular flexibility index (Phi) is 3.59. The minimum Gasteiger partial charge on any atom is -0.394 e. The van der Waals surface area contributed by atoms with Crippen molar-refractivity contribution in [3.63, 3.8) is 0 Å². The molecule has 3 nitrogen and oxygen atoms in total. The van der Waals surface area contributed by atoms with Crippen molar-refractivity contribution >= 4 is 28.1 Å². The fourth-order valence-electron chi connectivity index (χ4n) is 3.16. The van der Waals surface area contributed by atoms with Crippen LogP contribution in [-0.4, -0.2) is 41.2 Å². The zero-order valence-corrected chi connectivity index (χ0v) is 12.5. The minimum absolute atomic E-state index is 0.0406.